The highest BCUT2D eigenvalue weighted by atomic mass is 16.5. The summed E-state index contributed by atoms with van der Waals surface area (Å²) in [5.74, 6) is 1.66. The third-order valence-corrected chi connectivity index (χ3v) is 4.15. The predicted molar refractivity (Wildman–Crippen MR) is 95.0 cm³/mol. The van der Waals surface area contributed by atoms with Gasteiger partial charge >= 0.3 is 0 Å². The van der Waals surface area contributed by atoms with Gasteiger partial charge in [-0.1, -0.05) is 6.07 Å². The molecule has 1 heterocycles. The average molecular weight is 327 g/mol. The Bertz CT molecular complexity index is 818. The Kier molecular flexibility index (Phi) is 4.18. The van der Waals surface area contributed by atoms with E-state index in [0.717, 1.165) is 22.1 Å². The van der Waals surface area contributed by atoms with E-state index in [4.69, 9.17) is 26.4 Å². The van der Waals surface area contributed by atoms with Crippen LogP contribution in [0.25, 0.3) is 10.8 Å². The van der Waals surface area contributed by atoms with Gasteiger partial charge in [-0.3, -0.25) is 11.1 Å². The molecule has 2 aromatic carbocycles. The van der Waals surface area contributed by atoms with E-state index in [2.05, 4.69) is 5.32 Å². The van der Waals surface area contributed by atoms with Crippen molar-refractivity contribution in [2.24, 2.45) is 5.73 Å². The highest BCUT2D eigenvalue weighted by Gasteiger charge is 2.21. The van der Waals surface area contributed by atoms with Gasteiger partial charge in [0.1, 0.15) is 17.3 Å². The van der Waals surface area contributed by atoms with E-state index in [1.165, 1.54) is 0 Å². The van der Waals surface area contributed by atoms with Crippen LogP contribution < -0.4 is 26.3 Å². The van der Waals surface area contributed by atoms with Crippen LogP contribution in [0.3, 0.4) is 0 Å². The first-order valence-corrected chi connectivity index (χ1v) is 7.51. The molecule has 24 heavy (non-hydrogen) atoms. The van der Waals surface area contributed by atoms with E-state index < -0.39 is 6.29 Å². The van der Waals surface area contributed by atoms with Gasteiger partial charge in [-0.25, -0.2) is 0 Å². The number of nitrogen functional groups attached to an aromatic ring is 1. The summed E-state index contributed by atoms with van der Waals surface area (Å²) in [6.07, 6.45) is 2.89. The SMILES string of the molecule is COc1ccc2c(CN3C(=N)C=CNC3N)cc(OC)c(N)c2c1. The maximum atomic E-state index is 8.08. The zero-order chi connectivity index (χ0) is 17.3. The molecule has 1 atom stereocenters. The van der Waals surface area contributed by atoms with Crippen molar-refractivity contribution in [1.29, 1.82) is 5.41 Å². The minimum Gasteiger partial charge on any atom is -0.497 e. The number of hydrogen-bond acceptors (Lipinski definition) is 6. The number of nitrogens with one attached hydrogen (secondary N) is 2. The first kappa shape index (κ1) is 15.9. The second kappa shape index (κ2) is 6.29. The molecule has 1 aliphatic heterocycles. The van der Waals surface area contributed by atoms with Crippen molar-refractivity contribution < 1.29 is 9.47 Å². The molecule has 0 spiro atoms. The molecule has 0 radical (unpaired) electrons. The average Bonchev–Trinajstić information content (AvgIpc) is 2.59. The summed E-state index contributed by atoms with van der Waals surface area (Å²) in [4.78, 5) is 1.76. The van der Waals surface area contributed by atoms with Gasteiger partial charge in [0.2, 0.25) is 0 Å². The van der Waals surface area contributed by atoms with Gasteiger partial charge in [0.15, 0.2) is 6.29 Å². The van der Waals surface area contributed by atoms with Crippen molar-refractivity contribution in [1.82, 2.24) is 10.2 Å². The summed E-state index contributed by atoms with van der Waals surface area (Å²) in [5.41, 5.74) is 13.8. The highest BCUT2D eigenvalue weighted by molar-refractivity contribution is 5.99. The van der Waals surface area contributed by atoms with E-state index in [1.807, 2.05) is 24.3 Å². The number of fused-ring (bicyclic) bond motifs is 1. The van der Waals surface area contributed by atoms with Crippen LogP contribution in [0.15, 0.2) is 36.5 Å². The third kappa shape index (κ3) is 2.69. The smallest absolute Gasteiger partial charge is 0.153 e. The lowest BCUT2D eigenvalue weighted by atomic mass is 10.0. The van der Waals surface area contributed by atoms with Crippen LogP contribution in [0.4, 0.5) is 5.69 Å². The molecule has 0 saturated heterocycles. The molecular weight excluding hydrogens is 306 g/mol. The molecule has 7 nitrogen and oxygen atoms in total. The summed E-state index contributed by atoms with van der Waals surface area (Å²) >= 11 is 0. The number of benzene rings is 2. The summed E-state index contributed by atoms with van der Waals surface area (Å²) < 4.78 is 10.7. The third-order valence-electron chi connectivity index (χ3n) is 4.15. The predicted octanol–water partition coefficient (Wildman–Crippen LogP) is 1.58. The van der Waals surface area contributed by atoms with Gasteiger partial charge in [0.25, 0.3) is 0 Å². The van der Waals surface area contributed by atoms with E-state index in [-0.39, 0.29) is 0 Å². The topological polar surface area (TPSA) is 110 Å². The van der Waals surface area contributed by atoms with Gasteiger partial charge in [0, 0.05) is 18.1 Å². The molecule has 1 unspecified atom stereocenters. The summed E-state index contributed by atoms with van der Waals surface area (Å²) in [6.45, 7) is 0.455. The van der Waals surface area contributed by atoms with E-state index in [1.54, 1.807) is 31.4 Å². The fraction of sp³-hybridized carbons (Fsp3) is 0.235. The molecule has 0 amide bonds. The number of anilines is 1. The molecule has 0 aromatic heterocycles. The fourth-order valence-corrected chi connectivity index (χ4v) is 2.83. The first-order chi connectivity index (χ1) is 11.5. The molecule has 7 heteroatoms. The number of hydrogen-bond donors (Lipinski definition) is 4. The van der Waals surface area contributed by atoms with Crippen LogP contribution in [-0.2, 0) is 6.54 Å². The van der Waals surface area contributed by atoms with Crippen LogP contribution in [-0.4, -0.2) is 31.2 Å². The van der Waals surface area contributed by atoms with Gasteiger partial charge < -0.3 is 25.4 Å². The van der Waals surface area contributed by atoms with Crippen LogP contribution >= 0.6 is 0 Å². The number of amidine groups is 1. The van der Waals surface area contributed by atoms with Crippen molar-refractivity contribution >= 4 is 22.3 Å². The Morgan fingerprint density at radius 3 is 2.67 bits per heavy atom. The molecule has 6 N–H and O–H groups in total. The lowest BCUT2D eigenvalue weighted by molar-refractivity contribution is 0.277. The molecule has 1 aliphatic rings. The Balaban J connectivity index is 2.11. The first-order valence-electron chi connectivity index (χ1n) is 7.51. The minimum atomic E-state index is -0.459. The quantitative estimate of drug-likeness (QED) is 0.635. The van der Waals surface area contributed by atoms with Crippen molar-refractivity contribution in [3.05, 3.63) is 42.1 Å². The van der Waals surface area contributed by atoms with Crippen molar-refractivity contribution in [3.8, 4) is 11.5 Å². The Hall–Kier alpha value is -2.93. The van der Waals surface area contributed by atoms with Gasteiger partial charge in [-0.05, 0) is 35.2 Å². The summed E-state index contributed by atoms with van der Waals surface area (Å²) in [5, 5.41) is 12.9. The van der Waals surface area contributed by atoms with Gasteiger partial charge in [0.05, 0.1) is 19.9 Å². The van der Waals surface area contributed by atoms with Crippen LogP contribution in [0.5, 0.6) is 11.5 Å². The second-order valence-electron chi connectivity index (χ2n) is 5.52. The van der Waals surface area contributed by atoms with Gasteiger partial charge in [-0.2, -0.15) is 0 Å². The summed E-state index contributed by atoms with van der Waals surface area (Å²) in [6, 6.07) is 7.62. The standard InChI is InChI=1S/C17H21N5O2/c1-23-11-3-4-12-10(7-14(24-2)16(19)13(12)8-11)9-22-15(18)5-6-21-17(22)20/h3-8,17-18,21H,9,19-20H2,1-2H3. The zero-order valence-electron chi connectivity index (χ0n) is 13.7. The zero-order valence-corrected chi connectivity index (χ0v) is 13.7. The summed E-state index contributed by atoms with van der Waals surface area (Å²) in [7, 11) is 3.20. The molecule has 3 rings (SSSR count). The van der Waals surface area contributed by atoms with Crippen molar-refractivity contribution in [2.45, 2.75) is 12.8 Å². The number of methoxy groups -OCH3 is 2. The highest BCUT2D eigenvalue weighted by Crippen LogP contribution is 2.36. The maximum absolute atomic E-state index is 8.08. The number of ether oxygens (including phenoxy) is 2. The van der Waals surface area contributed by atoms with Gasteiger partial charge in [-0.15, -0.1) is 0 Å². The lowest BCUT2D eigenvalue weighted by Crippen LogP contribution is -2.54. The largest absolute Gasteiger partial charge is 0.497 e. The molecule has 0 fully saturated rings. The van der Waals surface area contributed by atoms with Crippen LogP contribution in [0.2, 0.25) is 0 Å². The Labute approximate surface area is 140 Å². The van der Waals surface area contributed by atoms with Crippen LogP contribution in [0, 0.1) is 5.41 Å². The Morgan fingerprint density at radius 1 is 1.21 bits per heavy atom. The molecule has 0 aliphatic carbocycles. The molecule has 0 bridgehead atoms. The van der Waals surface area contributed by atoms with E-state index in [0.29, 0.717) is 23.8 Å². The fourth-order valence-electron chi connectivity index (χ4n) is 2.83. The molecule has 0 saturated carbocycles. The second-order valence-corrected chi connectivity index (χ2v) is 5.52. The number of nitrogens with zero attached hydrogens (tertiary/aromatic N) is 1. The Morgan fingerprint density at radius 2 is 2.00 bits per heavy atom. The minimum absolute atomic E-state index is 0.346. The molecule has 2 aromatic rings. The van der Waals surface area contributed by atoms with Crippen molar-refractivity contribution in [3.63, 3.8) is 0 Å². The lowest BCUT2D eigenvalue weighted by Gasteiger charge is -2.33. The maximum Gasteiger partial charge on any atom is 0.153 e. The molecule has 126 valence electrons. The van der Waals surface area contributed by atoms with Crippen molar-refractivity contribution in [2.75, 3.05) is 20.0 Å². The van der Waals surface area contributed by atoms with E-state index >= 15 is 0 Å². The molecular formula is C17H21N5O2. The number of rotatable bonds is 4. The normalized spacial score (nSPS) is 17.0. The monoisotopic (exact) mass is 327 g/mol. The number of nitrogens with two attached hydrogens (primary N) is 2. The van der Waals surface area contributed by atoms with E-state index in [9.17, 15) is 0 Å². The van der Waals surface area contributed by atoms with Crippen LogP contribution in [0.1, 0.15) is 5.56 Å².